The summed E-state index contributed by atoms with van der Waals surface area (Å²) in [5.74, 6) is 1.56. The third-order valence-electron chi connectivity index (χ3n) is 3.02. The highest BCUT2D eigenvalue weighted by atomic mass is 127. The summed E-state index contributed by atoms with van der Waals surface area (Å²) in [6, 6.07) is 0. The number of halogens is 1. The van der Waals surface area contributed by atoms with Crippen molar-refractivity contribution in [2.24, 2.45) is 11.8 Å². The first-order valence-electron chi connectivity index (χ1n) is 7.89. The van der Waals surface area contributed by atoms with Gasteiger partial charge in [0, 0.05) is 0 Å². The Labute approximate surface area is 135 Å². The van der Waals surface area contributed by atoms with E-state index in [-0.39, 0.29) is 5.60 Å². The Bertz CT molecular complexity index is 170. The van der Waals surface area contributed by atoms with Gasteiger partial charge in [0.1, 0.15) is 23.0 Å². The molecule has 0 aromatic rings. The molecule has 0 aromatic heterocycles. The van der Waals surface area contributed by atoms with Crippen molar-refractivity contribution in [3.05, 3.63) is 0 Å². The fourth-order valence-corrected chi connectivity index (χ4v) is 2.53. The molecule has 2 nitrogen and oxygen atoms in total. The van der Waals surface area contributed by atoms with Crippen LogP contribution >= 0.6 is 23.0 Å². The summed E-state index contributed by atoms with van der Waals surface area (Å²) in [5.41, 5.74) is 0.0160. The molecule has 0 aliphatic heterocycles. The van der Waals surface area contributed by atoms with Crippen LogP contribution in [0.2, 0.25) is 0 Å². The van der Waals surface area contributed by atoms with Gasteiger partial charge in [0.2, 0.25) is 0 Å². The highest BCUT2D eigenvalue weighted by molar-refractivity contribution is 14.1. The Morgan fingerprint density at radius 3 is 1.53 bits per heavy atom. The van der Waals surface area contributed by atoms with Crippen LogP contribution in [-0.2, 0) is 7.80 Å². The first-order chi connectivity index (χ1) is 9.01. The minimum absolute atomic E-state index is 0.0160. The topological polar surface area (TPSA) is 18.5 Å². The van der Waals surface area contributed by atoms with Gasteiger partial charge in [0.05, 0.1) is 18.8 Å². The molecule has 118 valence electrons. The van der Waals surface area contributed by atoms with Crippen molar-refractivity contribution in [1.29, 1.82) is 0 Å². The molecule has 0 radical (unpaired) electrons. The van der Waals surface area contributed by atoms with Gasteiger partial charge in [0.15, 0.2) is 0 Å². The van der Waals surface area contributed by atoms with E-state index >= 15 is 0 Å². The van der Waals surface area contributed by atoms with Gasteiger partial charge in [0.25, 0.3) is 0 Å². The van der Waals surface area contributed by atoms with Crippen LogP contribution in [-0.4, -0.2) is 18.8 Å². The van der Waals surface area contributed by atoms with Crippen LogP contribution in [0, 0.1) is 11.8 Å². The maximum Gasteiger partial charge on any atom is 0.109 e. The highest BCUT2D eigenvalue weighted by Crippen LogP contribution is 2.30. The molecule has 0 bridgehead atoms. The van der Waals surface area contributed by atoms with Crippen LogP contribution < -0.4 is 0 Å². The summed E-state index contributed by atoms with van der Waals surface area (Å²) in [5, 5.41) is 0. The Morgan fingerprint density at radius 2 is 1.21 bits per heavy atom. The van der Waals surface area contributed by atoms with Crippen LogP contribution in [0.4, 0.5) is 0 Å². The van der Waals surface area contributed by atoms with E-state index in [2.05, 4.69) is 20.8 Å². The molecule has 1 rings (SSSR count). The van der Waals surface area contributed by atoms with Gasteiger partial charge in [-0.15, -0.1) is 0 Å². The van der Waals surface area contributed by atoms with E-state index in [4.69, 9.17) is 7.80 Å². The molecule has 0 spiro atoms. The minimum atomic E-state index is 0.0160. The molecule has 0 heterocycles. The summed E-state index contributed by atoms with van der Waals surface area (Å²) >= 11 is 2.00. The molecule has 1 fully saturated rings. The molecule has 1 aliphatic rings. The predicted octanol–water partition coefficient (Wildman–Crippen LogP) is 6.03. The molecule has 0 atom stereocenters. The zero-order valence-electron chi connectivity index (χ0n) is 14.1. The monoisotopic (exact) mass is 386 g/mol. The van der Waals surface area contributed by atoms with Crippen LogP contribution in [0.25, 0.3) is 0 Å². The third-order valence-corrected chi connectivity index (χ3v) is 3.38. The first-order valence-corrected chi connectivity index (χ1v) is 8.77. The van der Waals surface area contributed by atoms with Crippen molar-refractivity contribution in [3.8, 4) is 0 Å². The molecule has 0 aromatic carbocycles. The smallest absolute Gasteiger partial charge is 0.109 e. The van der Waals surface area contributed by atoms with Gasteiger partial charge in [-0.2, -0.15) is 0 Å². The van der Waals surface area contributed by atoms with E-state index < -0.39 is 0 Å². The lowest BCUT2D eigenvalue weighted by molar-refractivity contribution is -0.0308. The molecule has 1 aliphatic carbocycles. The molecule has 0 amide bonds. The highest BCUT2D eigenvalue weighted by Gasteiger charge is 2.22. The van der Waals surface area contributed by atoms with Crippen molar-refractivity contribution in [2.75, 3.05) is 13.2 Å². The fourth-order valence-electron chi connectivity index (χ4n) is 2.02. The molecule has 0 N–H and O–H groups in total. The van der Waals surface area contributed by atoms with E-state index in [0.29, 0.717) is 0 Å². The van der Waals surface area contributed by atoms with E-state index in [0.717, 1.165) is 25.0 Å². The molecular formula is C16H35IO2. The molecule has 0 unspecified atom stereocenters. The number of rotatable bonds is 4. The average molecular weight is 386 g/mol. The van der Waals surface area contributed by atoms with E-state index in [1.54, 1.807) is 0 Å². The van der Waals surface area contributed by atoms with Crippen LogP contribution in [0.1, 0.15) is 74.1 Å². The lowest BCUT2D eigenvalue weighted by atomic mass is 9.83. The Hall–Kier alpha value is 0.650. The summed E-state index contributed by atoms with van der Waals surface area (Å²) < 4.78 is 11.0. The van der Waals surface area contributed by atoms with E-state index in [1.807, 2.05) is 50.7 Å². The lowest BCUT2D eigenvalue weighted by Gasteiger charge is -2.30. The first kappa shape index (κ1) is 21.9. The van der Waals surface area contributed by atoms with E-state index in [1.165, 1.54) is 25.7 Å². The molecule has 19 heavy (non-hydrogen) atoms. The SMILES string of the molecule is CC.CC.CC(C)(C)OCC1CCC(COI)CC1. The lowest BCUT2D eigenvalue weighted by Crippen LogP contribution is -2.26. The van der Waals surface area contributed by atoms with Gasteiger partial charge in [-0.3, -0.25) is 0 Å². The molecule has 0 saturated heterocycles. The quantitative estimate of drug-likeness (QED) is 0.550. The van der Waals surface area contributed by atoms with Crippen molar-refractivity contribution in [1.82, 2.24) is 0 Å². The van der Waals surface area contributed by atoms with Gasteiger partial charge in [-0.1, -0.05) is 27.7 Å². The predicted molar refractivity (Wildman–Crippen MR) is 93.8 cm³/mol. The summed E-state index contributed by atoms with van der Waals surface area (Å²) in [4.78, 5) is 0. The molecule has 3 heteroatoms. The van der Waals surface area contributed by atoms with Gasteiger partial charge in [-0.05, 0) is 58.3 Å². The Kier molecular flexibility index (Phi) is 15.7. The maximum absolute atomic E-state index is 5.83. The largest absolute Gasteiger partial charge is 0.376 e. The van der Waals surface area contributed by atoms with Crippen molar-refractivity contribution in [3.63, 3.8) is 0 Å². The molecule has 1 saturated carbocycles. The number of hydrogen-bond acceptors (Lipinski definition) is 2. The second-order valence-corrected chi connectivity index (χ2v) is 6.21. The zero-order chi connectivity index (χ0) is 15.3. The van der Waals surface area contributed by atoms with Crippen molar-refractivity contribution < 1.29 is 7.80 Å². The van der Waals surface area contributed by atoms with Crippen molar-refractivity contribution >= 4 is 23.0 Å². The minimum Gasteiger partial charge on any atom is -0.376 e. The van der Waals surface area contributed by atoms with Gasteiger partial charge >= 0.3 is 0 Å². The maximum atomic E-state index is 5.83. The average Bonchev–Trinajstić information content (AvgIpc) is 2.42. The van der Waals surface area contributed by atoms with Gasteiger partial charge in [-0.25, -0.2) is 0 Å². The summed E-state index contributed by atoms with van der Waals surface area (Å²) in [7, 11) is 0. The van der Waals surface area contributed by atoms with Crippen molar-refractivity contribution in [2.45, 2.75) is 79.8 Å². The summed E-state index contributed by atoms with van der Waals surface area (Å²) in [6.45, 7) is 16.2. The number of ether oxygens (including phenoxy) is 1. The second kappa shape index (κ2) is 13.6. The van der Waals surface area contributed by atoms with Crippen LogP contribution in [0.15, 0.2) is 0 Å². The fraction of sp³-hybridized carbons (Fsp3) is 1.00. The number of hydrogen-bond donors (Lipinski definition) is 0. The third kappa shape index (κ3) is 13.4. The van der Waals surface area contributed by atoms with Gasteiger partial charge < -0.3 is 7.80 Å². The second-order valence-electron chi connectivity index (χ2n) is 5.59. The molecular weight excluding hydrogens is 351 g/mol. The standard InChI is InChI=1S/C12H23IO2.2C2H6/c1-12(2,3)14-8-10-4-6-11(7-5-10)9-15-13;2*1-2/h10-11H,4-9H2,1-3H3;2*1-2H3. The zero-order valence-corrected chi connectivity index (χ0v) is 16.2. The normalized spacial score (nSPS) is 22.7. The summed E-state index contributed by atoms with van der Waals surface area (Å²) in [6.07, 6.45) is 5.23. The van der Waals surface area contributed by atoms with E-state index in [9.17, 15) is 0 Å². The Balaban J connectivity index is 0. The Morgan fingerprint density at radius 1 is 0.842 bits per heavy atom. The van der Waals surface area contributed by atoms with Crippen LogP contribution in [0.5, 0.6) is 0 Å². The van der Waals surface area contributed by atoms with Crippen LogP contribution in [0.3, 0.4) is 0 Å².